The van der Waals surface area contributed by atoms with Gasteiger partial charge in [-0.3, -0.25) is 4.79 Å². The van der Waals surface area contributed by atoms with Crippen molar-refractivity contribution in [2.24, 2.45) is 0 Å². The number of benzene rings is 2. The lowest BCUT2D eigenvalue weighted by Gasteiger charge is -2.36. The summed E-state index contributed by atoms with van der Waals surface area (Å²) in [6.45, 7) is 2.68. The molecular weight excluding hydrogens is 394 g/mol. The molecule has 0 atom stereocenters. The minimum Gasteiger partial charge on any atom is -0.497 e. The summed E-state index contributed by atoms with van der Waals surface area (Å²) >= 11 is 0. The van der Waals surface area contributed by atoms with Crippen LogP contribution in [0, 0.1) is 0 Å². The molecule has 7 heteroatoms. The van der Waals surface area contributed by atoms with E-state index in [1.54, 1.807) is 20.3 Å². The van der Waals surface area contributed by atoms with Crippen LogP contribution in [-0.2, 0) is 0 Å². The zero-order valence-electron chi connectivity index (χ0n) is 17.5. The first-order valence-electron chi connectivity index (χ1n) is 10.2. The molecule has 1 aliphatic rings. The zero-order chi connectivity index (χ0) is 21.4. The van der Waals surface area contributed by atoms with E-state index in [-0.39, 0.29) is 5.91 Å². The number of aromatic nitrogens is 1. The fraction of sp³-hybridized carbons (Fsp3) is 0.250. The summed E-state index contributed by atoms with van der Waals surface area (Å²) in [5, 5.41) is 1.74. The Balaban J connectivity index is 1.35. The van der Waals surface area contributed by atoms with Crippen LogP contribution < -0.4 is 14.4 Å². The van der Waals surface area contributed by atoms with Gasteiger partial charge in [0.25, 0.3) is 5.91 Å². The minimum atomic E-state index is -0.112. The molecule has 0 unspecified atom stereocenters. The maximum absolute atomic E-state index is 13.1. The van der Waals surface area contributed by atoms with Gasteiger partial charge < -0.3 is 23.7 Å². The Labute approximate surface area is 179 Å². The predicted molar refractivity (Wildman–Crippen MR) is 119 cm³/mol. The second kappa shape index (κ2) is 7.83. The molecule has 1 amide bonds. The number of piperazine rings is 1. The number of furan rings is 1. The second-order valence-electron chi connectivity index (χ2n) is 7.50. The molecule has 5 rings (SSSR count). The summed E-state index contributed by atoms with van der Waals surface area (Å²) in [6.07, 6.45) is 0. The van der Waals surface area contributed by atoms with Gasteiger partial charge in [0.15, 0.2) is 5.76 Å². The number of amides is 1. The van der Waals surface area contributed by atoms with Gasteiger partial charge in [0.1, 0.15) is 11.5 Å². The number of carbonyl (C=O) groups is 1. The van der Waals surface area contributed by atoms with Crippen molar-refractivity contribution in [2.75, 3.05) is 45.3 Å². The lowest BCUT2D eigenvalue weighted by molar-refractivity contribution is 0.0716. The van der Waals surface area contributed by atoms with Gasteiger partial charge in [0, 0.05) is 37.0 Å². The Morgan fingerprint density at radius 3 is 2.52 bits per heavy atom. The molecule has 31 heavy (non-hydrogen) atoms. The number of hydrogen-bond acceptors (Lipinski definition) is 6. The van der Waals surface area contributed by atoms with Crippen LogP contribution in [0.25, 0.3) is 22.0 Å². The van der Waals surface area contributed by atoms with Crippen molar-refractivity contribution >= 4 is 33.6 Å². The second-order valence-corrected chi connectivity index (χ2v) is 7.50. The number of anilines is 1. The van der Waals surface area contributed by atoms with Crippen LogP contribution in [-0.4, -0.2) is 56.2 Å². The highest BCUT2D eigenvalue weighted by Gasteiger charge is 2.26. The molecule has 158 valence electrons. The third-order valence-corrected chi connectivity index (χ3v) is 5.71. The molecule has 1 fully saturated rings. The van der Waals surface area contributed by atoms with E-state index in [1.165, 1.54) is 0 Å². The summed E-state index contributed by atoms with van der Waals surface area (Å²) in [5.74, 6) is 1.81. The molecule has 2 aromatic carbocycles. The lowest BCUT2D eigenvalue weighted by atomic mass is 10.2. The Morgan fingerprint density at radius 2 is 1.74 bits per heavy atom. The van der Waals surface area contributed by atoms with Gasteiger partial charge in [-0.05, 0) is 42.5 Å². The topological polar surface area (TPSA) is 68.0 Å². The van der Waals surface area contributed by atoms with Gasteiger partial charge in [-0.25, -0.2) is 4.98 Å². The third-order valence-electron chi connectivity index (χ3n) is 5.71. The fourth-order valence-corrected chi connectivity index (χ4v) is 4.04. The SMILES string of the molecule is COc1ccc2nc3oc(C(=O)N4CCN(c5ccccc5OC)CC4)cc3cc2c1. The van der Waals surface area contributed by atoms with E-state index in [4.69, 9.17) is 13.9 Å². The van der Waals surface area contributed by atoms with Gasteiger partial charge in [-0.1, -0.05) is 12.1 Å². The molecule has 1 aliphatic heterocycles. The maximum Gasteiger partial charge on any atom is 0.289 e. The van der Waals surface area contributed by atoms with Crippen molar-refractivity contribution in [2.45, 2.75) is 0 Å². The molecule has 0 N–H and O–H groups in total. The first-order chi connectivity index (χ1) is 15.2. The van der Waals surface area contributed by atoms with E-state index >= 15 is 0 Å². The van der Waals surface area contributed by atoms with E-state index in [0.717, 1.165) is 46.6 Å². The van der Waals surface area contributed by atoms with E-state index < -0.39 is 0 Å². The quantitative estimate of drug-likeness (QED) is 0.501. The van der Waals surface area contributed by atoms with Crippen molar-refractivity contribution < 1.29 is 18.7 Å². The van der Waals surface area contributed by atoms with E-state index in [0.29, 0.717) is 24.6 Å². The average molecular weight is 417 g/mol. The Kier molecular flexibility index (Phi) is 4.86. The first kappa shape index (κ1) is 19.2. The minimum absolute atomic E-state index is 0.112. The number of ether oxygens (including phenoxy) is 2. The molecule has 0 radical (unpaired) electrons. The van der Waals surface area contributed by atoms with Crippen LogP contribution in [0.4, 0.5) is 5.69 Å². The number of hydrogen-bond donors (Lipinski definition) is 0. The number of pyridine rings is 1. The van der Waals surface area contributed by atoms with Gasteiger partial charge in [-0.15, -0.1) is 0 Å². The molecule has 0 bridgehead atoms. The molecular formula is C24H23N3O4. The summed E-state index contributed by atoms with van der Waals surface area (Å²) in [7, 11) is 3.31. The number of rotatable bonds is 4. The average Bonchev–Trinajstić information content (AvgIpc) is 3.24. The molecule has 3 heterocycles. The maximum atomic E-state index is 13.1. The van der Waals surface area contributed by atoms with Crippen molar-refractivity contribution in [3.8, 4) is 11.5 Å². The molecule has 4 aromatic rings. The van der Waals surface area contributed by atoms with Gasteiger partial charge in [0.05, 0.1) is 25.4 Å². The van der Waals surface area contributed by atoms with Gasteiger partial charge >= 0.3 is 0 Å². The molecule has 2 aromatic heterocycles. The Bertz CT molecular complexity index is 1260. The largest absolute Gasteiger partial charge is 0.497 e. The Hall–Kier alpha value is -3.74. The monoisotopic (exact) mass is 417 g/mol. The summed E-state index contributed by atoms with van der Waals surface area (Å²) in [6, 6.07) is 17.4. The lowest BCUT2D eigenvalue weighted by Crippen LogP contribution is -2.48. The fourth-order valence-electron chi connectivity index (χ4n) is 4.04. The zero-order valence-corrected chi connectivity index (χ0v) is 17.5. The van der Waals surface area contributed by atoms with E-state index in [1.807, 2.05) is 53.4 Å². The van der Waals surface area contributed by atoms with Crippen LogP contribution in [0.5, 0.6) is 11.5 Å². The Morgan fingerprint density at radius 1 is 0.935 bits per heavy atom. The smallest absolute Gasteiger partial charge is 0.289 e. The number of carbonyl (C=O) groups excluding carboxylic acids is 1. The number of fused-ring (bicyclic) bond motifs is 2. The molecule has 0 saturated carbocycles. The summed E-state index contributed by atoms with van der Waals surface area (Å²) < 4.78 is 16.6. The van der Waals surface area contributed by atoms with E-state index in [9.17, 15) is 4.79 Å². The van der Waals surface area contributed by atoms with Crippen LogP contribution in [0.15, 0.2) is 59.0 Å². The third kappa shape index (κ3) is 3.52. The number of nitrogens with zero attached hydrogens (tertiary/aromatic N) is 3. The van der Waals surface area contributed by atoms with Crippen molar-refractivity contribution in [1.82, 2.24) is 9.88 Å². The number of methoxy groups -OCH3 is 2. The molecule has 1 saturated heterocycles. The highest BCUT2D eigenvalue weighted by molar-refractivity contribution is 5.98. The van der Waals surface area contributed by atoms with Crippen molar-refractivity contribution in [3.05, 3.63) is 60.4 Å². The molecule has 7 nitrogen and oxygen atoms in total. The molecule has 0 spiro atoms. The summed E-state index contributed by atoms with van der Waals surface area (Å²) in [4.78, 5) is 21.7. The number of para-hydroxylation sites is 2. The van der Waals surface area contributed by atoms with Crippen LogP contribution in [0.3, 0.4) is 0 Å². The predicted octanol–water partition coefficient (Wildman–Crippen LogP) is 3.96. The normalized spacial score (nSPS) is 14.3. The van der Waals surface area contributed by atoms with Crippen LogP contribution >= 0.6 is 0 Å². The molecule has 0 aliphatic carbocycles. The van der Waals surface area contributed by atoms with Crippen molar-refractivity contribution in [3.63, 3.8) is 0 Å². The summed E-state index contributed by atoms with van der Waals surface area (Å²) in [5.41, 5.74) is 2.31. The van der Waals surface area contributed by atoms with Crippen LogP contribution in [0.1, 0.15) is 10.6 Å². The van der Waals surface area contributed by atoms with Crippen molar-refractivity contribution in [1.29, 1.82) is 0 Å². The standard InChI is InChI=1S/C24H23N3O4/c1-29-18-7-8-19-16(14-18)13-17-15-22(31-23(17)25-19)24(28)27-11-9-26(10-12-27)20-5-3-4-6-21(20)30-2/h3-8,13-15H,9-12H2,1-2H3. The highest BCUT2D eigenvalue weighted by atomic mass is 16.5. The van der Waals surface area contributed by atoms with E-state index in [2.05, 4.69) is 9.88 Å². The van der Waals surface area contributed by atoms with Crippen LogP contribution in [0.2, 0.25) is 0 Å². The van der Waals surface area contributed by atoms with Gasteiger partial charge in [0.2, 0.25) is 5.71 Å². The highest BCUT2D eigenvalue weighted by Crippen LogP contribution is 2.29. The first-order valence-corrected chi connectivity index (χ1v) is 10.2. The van der Waals surface area contributed by atoms with Gasteiger partial charge in [-0.2, -0.15) is 0 Å².